The third kappa shape index (κ3) is 3.08. The van der Waals surface area contributed by atoms with Crippen LogP contribution in [0, 0.1) is 6.92 Å². The van der Waals surface area contributed by atoms with Crippen molar-refractivity contribution in [3.63, 3.8) is 0 Å². The van der Waals surface area contributed by atoms with Gasteiger partial charge in [0.2, 0.25) is 0 Å². The van der Waals surface area contributed by atoms with Crippen LogP contribution in [0.2, 0.25) is 0 Å². The topological polar surface area (TPSA) is 65.4 Å². The number of ether oxygens (including phenoxy) is 1. The molecule has 23 heavy (non-hydrogen) atoms. The van der Waals surface area contributed by atoms with E-state index in [1.165, 1.54) is 0 Å². The highest BCUT2D eigenvalue weighted by molar-refractivity contribution is 5.84. The Morgan fingerprint density at radius 1 is 1.09 bits per heavy atom. The molecule has 3 aromatic rings. The van der Waals surface area contributed by atoms with Gasteiger partial charge in [-0.3, -0.25) is 4.99 Å². The molecule has 0 fully saturated rings. The molecule has 0 aliphatic carbocycles. The molecular weight excluding hydrogens is 288 g/mol. The Morgan fingerprint density at radius 3 is 2.43 bits per heavy atom. The van der Waals surface area contributed by atoms with Crippen LogP contribution in [0.5, 0.6) is 5.75 Å². The zero-order valence-corrected chi connectivity index (χ0v) is 13.1. The smallest absolute Gasteiger partial charge is 0.153 e. The van der Waals surface area contributed by atoms with Crippen LogP contribution in [0.1, 0.15) is 11.3 Å². The standard InChI is InChI=1S/C18H18N4O/c1-13-17(20-12-14-8-10-16(23-2)11-9-14)18(19)22(21-13)15-6-4-3-5-7-15/h3-12H,19H2,1-2H3. The number of hydrogen-bond donors (Lipinski definition) is 1. The first-order chi connectivity index (χ1) is 11.2. The van der Waals surface area contributed by atoms with Gasteiger partial charge in [-0.15, -0.1) is 0 Å². The molecule has 0 radical (unpaired) electrons. The molecular formula is C18H18N4O. The molecule has 0 aliphatic rings. The number of methoxy groups -OCH3 is 1. The number of aryl methyl sites for hydroxylation is 1. The lowest BCUT2D eigenvalue weighted by Crippen LogP contribution is -2.01. The molecule has 5 nitrogen and oxygen atoms in total. The molecule has 0 unspecified atom stereocenters. The molecule has 0 aliphatic heterocycles. The summed E-state index contributed by atoms with van der Waals surface area (Å²) >= 11 is 0. The van der Waals surface area contributed by atoms with Crippen molar-refractivity contribution in [2.75, 3.05) is 12.8 Å². The van der Waals surface area contributed by atoms with Crippen molar-refractivity contribution >= 4 is 17.7 Å². The monoisotopic (exact) mass is 306 g/mol. The molecule has 5 heteroatoms. The predicted octanol–water partition coefficient (Wildman–Crippen LogP) is 3.52. The molecule has 0 spiro atoms. The van der Waals surface area contributed by atoms with Crippen LogP contribution in [0.15, 0.2) is 59.6 Å². The van der Waals surface area contributed by atoms with Gasteiger partial charge in [-0.1, -0.05) is 18.2 Å². The van der Waals surface area contributed by atoms with Crippen molar-refractivity contribution in [1.82, 2.24) is 9.78 Å². The fourth-order valence-corrected chi connectivity index (χ4v) is 2.29. The quantitative estimate of drug-likeness (QED) is 0.750. The molecule has 2 N–H and O–H groups in total. The summed E-state index contributed by atoms with van der Waals surface area (Å²) in [7, 11) is 1.64. The van der Waals surface area contributed by atoms with E-state index in [0.29, 0.717) is 11.5 Å². The number of anilines is 1. The first-order valence-electron chi connectivity index (χ1n) is 7.27. The highest BCUT2D eigenvalue weighted by atomic mass is 16.5. The van der Waals surface area contributed by atoms with E-state index in [1.54, 1.807) is 18.0 Å². The summed E-state index contributed by atoms with van der Waals surface area (Å²) < 4.78 is 6.85. The van der Waals surface area contributed by atoms with Crippen molar-refractivity contribution in [1.29, 1.82) is 0 Å². The lowest BCUT2D eigenvalue weighted by atomic mass is 10.2. The Bertz CT molecular complexity index is 820. The average molecular weight is 306 g/mol. The van der Waals surface area contributed by atoms with Crippen LogP contribution in [0.3, 0.4) is 0 Å². The number of nitrogens with zero attached hydrogens (tertiary/aromatic N) is 3. The molecule has 3 rings (SSSR count). The largest absolute Gasteiger partial charge is 0.497 e. The summed E-state index contributed by atoms with van der Waals surface area (Å²) in [6.45, 7) is 1.90. The minimum absolute atomic E-state index is 0.526. The van der Waals surface area contributed by atoms with E-state index in [2.05, 4.69) is 10.1 Å². The maximum atomic E-state index is 6.21. The summed E-state index contributed by atoms with van der Waals surface area (Å²) in [5.41, 5.74) is 9.57. The van der Waals surface area contributed by atoms with Crippen molar-refractivity contribution in [3.8, 4) is 11.4 Å². The second-order valence-electron chi connectivity index (χ2n) is 5.10. The van der Waals surface area contributed by atoms with E-state index >= 15 is 0 Å². The third-order valence-electron chi connectivity index (χ3n) is 3.52. The lowest BCUT2D eigenvalue weighted by Gasteiger charge is -2.03. The lowest BCUT2D eigenvalue weighted by molar-refractivity contribution is 0.415. The molecule has 0 saturated heterocycles. The number of rotatable bonds is 4. The number of hydrogen-bond acceptors (Lipinski definition) is 4. The Morgan fingerprint density at radius 2 is 1.78 bits per heavy atom. The zero-order chi connectivity index (χ0) is 16.2. The van der Waals surface area contributed by atoms with E-state index in [-0.39, 0.29) is 0 Å². The van der Waals surface area contributed by atoms with Gasteiger partial charge >= 0.3 is 0 Å². The maximum Gasteiger partial charge on any atom is 0.153 e. The zero-order valence-electron chi connectivity index (χ0n) is 13.1. The summed E-state index contributed by atoms with van der Waals surface area (Å²) in [5.74, 6) is 1.34. The van der Waals surface area contributed by atoms with E-state index in [9.17, 15) is 0 Å². The van der Waals surface area contributed by atoms with Gasteiger partial charge in [0.25, 0.3) is 0 Å². The molecule has 0 bridgehead atoms. The van der Waals surface area contributed by atoms with Crippen LogP contribution >= 0.6 is 0 Å². The van der Waals surface area contributed by atoms with Crippen molar-refractivity contribution in [3.05, 3.63) is 65.9 Å². The highest BCUT2D eigenvalue weighted by Gasteiger charge is 2.12. The second kappa shape index (κ2) is 6.36. The molecule has 0 saturated carbocycles. The van der Waals surface area contributed by atoms with Gasteiger partial charge in [0.1, 0.15) is 11.4 Å². The molecule has 1 heterocycles. The van der Waals surface area contributed by atoms with E-state index in [4.69, 9.17) is 10.5 Å². The SMILES string of the molecule is COc1ccc(C=Nc2c(C)nn(-c3ccccc3)c2N)cc1. The predicted molar refractivity (Wildman–Crippen MR) is 93.0 cm³/mol. The van der Waals surface area contributed by atoms with Gasteiger partial charge in [0.15, 0.2) is 5.82 Å². The van der Waals surface area contributed by atoms with Gasteiger partial charge in [-0.2, -0.15) is 5.10 Å². The second-order valence-corrected chi connectivity index (χ2v) is 5.10. The van der Waals surface area contributed by atoms with Crippen molar-refractivity contribution in [2.45, 2.75) is 6.92 Å². The van der Waals surface area contributed by atoms with Crippen molar-refractivity contribution < 1.29 is 4.74 Å². The van der Waals surface area contributed by atoms with Gasteiger partial charge in [0, 0.05) is 6.21 Å². The normalized spacial score (nSPS) is 11.0. The molecule has 116 valence electrons. The maximum absolute atomic E-state index is 6.21. The van der Waals surface area contributed by atoms with Gasteiger partial charge in [-0.05, 0) is 48.9 Å². The summed E-state index contributed by atoms with van der Waals surface area (Å²) in [5, 5.41) is 4.48. The fourth-order valence-electron chi connectivity index (χ4n) is 2.29. The average Bonchev–Trinajstić information content (AvgIpc) is 2.88. The van der Waals surface area contributed by atoms with Crippen LogP contribution in [-0.4, -0.2) is 23.1 Å². The number of benzene rings is 2. The molecule has 2 aromatic carbocycles. The number of para-hydroxylation sites is 1. The number of nitrogen functional groups attached to an aromatic ring is 1. The Kier molecular flexibility index (Phi) is 4.10. The highest BCUT2D eigenvalue weighted by Crippen LogP contribution is 2.28. The number of aromatic nitrogens is 2. The van der Waals surface area contributed by atoms with Crippen LogP contribution in [0.4, 0.5) is 11.5 Å². The Hall–Kier alpha value is -3.08. The van der Waals surface area contributed by atoms with Gasteiger partial charge in [0.05, 0.1) is 18.5 Å². The fraction of sp³-hybridized carbons (Fsp3) is 0.111. The Labute approximate surface area is 135 Å². The first kappa shape index (κ1) is 14.8. The van der Waals surface area contributed by atoms with Crippen LogP contribution in [-0.2, 0) is 0 Å². The Balaban J connectivity index is 1.91. The summed E-state index contributed by atoms with van der Waals surface area (Å²) in [6.07, 6.45) is 1.77. The van der Waals surface area contributed by atoms with E-state index < -0.39 is 0 Å². The molecule has 0 atom stereocenters. The van der Waals surface area contributed by atoms with Crippen molar-refractivity contribution in [2.24, 2.45) is 4.99 Å². The van der Waals surface area contributed by atoms with E-state index in [1.807, 2.05) is 61.5 Å². The third-order valence-corrected chi connectivity index (χ3v) is 3.52. The van der Waals surface area contributed by atoms with Crippen LogP contribution in [0.25, 0.3) is 5.69 Å². The molecule has 0 amide bonds. The summed E-state index contributed by atoms with van der Waals surface area (Å²) in [4.78, 5) is 4.50. The van der Waals surface area contributed by atoms with Gasteiger partial charge in [-0.25, -0.2) is 4.68 Å². The molecule has 1 aromatic heterocycles. The van der Waals surface area contributed by atoms with E-state index in [0.717, 1.165) is 22.7 Å². The van der Waals surface area contributed by atoms with Gasteiger partial charge < -0.3 is 10.5 Å². The number of aliphatic imine (C=N–C) groups is 1. The summed E-state index contributed by atoms with van der Waals surface area (Å²) in [6, 6.07) is 17.4. The van der Waals surface area contributed by atoms with Crippen LogP contribution < -0.4 is 10.5 Å². The minimum Gasteiger partial charge on any atom is -0.497 e. The number of nitrogens with two attached hydrogens (primary N) is 1. The first-order valence-corrected chi connectivity index (χ1v) is 7.27. The minimum atomic E-state index is 0.526.